The molecular formula is C22H16ClF5N2O3S. The number of anilines is 1. The first kappa shape index (κ1) is 25.4. The summed E-state index contributed by atoms with van der Waals surface area (Å²) in [5.41, 5.74) is -1.48. The molecule has 12 heteroatoms. The number of carbonyl (C=O) groups is 1. The molecule has 3 aromatic rings. The van der Waals surface area contributed by atoms with Gasteiger partial charge in [-0.3, -0.25) is 4.79 Å². The van der Waals surface area contributed by atoms with Gasteiger partial charge in [-0.15, -0.1) is 0 Å². The van der Waals surface area contributed by atoms with Crippen LogP contribution >= 0.6 is 11.6 Å². The van der Waals surface area contributed by atoms with Crippen LogP contribution in [-0.4, -0.2) is 16.4 Å². The maximum atomic E-state index is 13.9. The Balaban J connectivity index is 2.07. The molecular weight excluding hydrogens is 503 g/mol. The van der Waals surface area contributed by atoms with Gasteiger partial charge in [0.1, 0.15) is 23.1 Å². The molecule has 34 heavy (non-hydrogen) atoms. The summed E-state index contributed by atoms with van der Waals surface area (Å²) in [4.78, 5) is 12.5. The molecule has 2 N–H and O–H groups in total. The highest BCUT2D eigenvalue weighted by atomic mass is 35.5. The number of ether oxygens (including phenoxy) is 1. The van der Waals surface area contributed by atoms with E-state index in [0.29, 0.717) is 6.07 Å². The average molecular weight is 519 g/mol. The van der Waals surface area contributed by atoms with Crippen LogP contribution in [0.4, 0.5) is 27.6 Å². The fraction of sp³-hybridized carbons (Fsp3) is 0.136. The van der Waals surface area contributed by atoms with Gasteiger partial charge in [-0.1, -0.05) is 11.6 Å². The molecule has 180 valence electrons. The summed E-state index contributed by atoms with van der Waals surface area (Å²) in [6.45, 7) is 1.46. The highest BCUT2D eigenvalue weighted by Gasteiger charge is 2.35. The monoisotopic (exact) mass is 518 g/mol. The number of carbonyl (C=O) groups excluding carboxylic acids is 1. The van der Waals surface area contributed by atoms with E-state index in [1.54, 1.807) is 0 Å². The lowest BCUT2D eigenvalue weighted by Crippen LogP contribution is -2.15. The van der Waals surface area contributed by atoms with Gasteiger partial charge in [0.2, 0.25) is 0 Å². The largest absolute Gasteiger partial charge is 0.456 e. The molecule has 0 unspecified atom stereocenters. The van der Waals surface area contributed by atoms with Crippen molar-refractivity contribution >= 4 is 32.9 Å². The van der Waals surface area contributed by atoms with E-state index in [4.69, 9.17) is 21.1 Å². The van der Waals surface area contributed by atoms with Gasteiger partial charge in [0.25, 0.3) is 5.91 Å². The molecule has 3 rings (SSSR count). The second-order valence-corrected chi connectivity index (χ2v) is 9.82. The fourth-order valence-corrected chi connectivity index (χ4v) is 4.02. The number of rotatable bonds is 5. The summed E-state index contributed by atoms with van der Waals surface area (Å²) in [6.07, 6.45) is -3.87. The number of hydrogen-bond acceptors (Lipinski definition) is 4. The maximum Gasteiger partial charge on any atom is 0.417 e. The Labute approximate surface area is 196 Å². The molecule has 0 saturated heterocycles. The molecule has 0 fully saturated rings. The van der Waals surface area contributed by atoms with Crippen molar-refractivity contribution in [3.8, 4) is 11.5 Å². The van der Waals surface area contributed by atoms with E-state index in [2.05, 4.69) is 5.32 Å². The van der Waals surface area contributed by atoms with E-state index in [1.165, 1.54) is 13.0 Å². The van der Waals surface area contributed by atoms with Gasteiger partial charge in [-0.05, 0) is 61.0 Å². The number of halogens is 6. The lowest BCUT2D eigenvalue weighted by atomic mass is 10.1. The van der Waals surface area contributed by atoms with Gasteiger partial charge >= 0.3 is 6.18 Å². The van der Waals surface area contributed by atoms with Crippen LogP contribution in [0.25, 0.3) is 0 Å². The molecule has 1 atom stereocenters. The Morgan fingerprint density at radius 1 is 1.06 bits per heavy atom. The molecule has 5 nitrogen and oxygen atoms in total. The summed E-state index contributed by atoms with van der Waals surface area (Å²) in [7, 11) is -3.47. The number of amides is 1. The highest BCUT2D eigenvalue weighted by molar-refractivity contribution is 7.91. The molecule has 0 heterocycles. The molecule has 0 aliphatic heterocycles. The van der Waals surface area contributed by atoms with Crippen LogP contribution in [0.3, 0.4) is 0 Å². The summed E-state index contributed by atoms with van der Waals surface area (Å²) in [6, 6.07) is 7.61. The molecule has 0 aliphatic rings. The smallest absolute Gasteiger partial charge is 0.417 e. The van der Waals surface area contributed by atoms with Gasteiger partial charge in [-0.2, -0.15) is 13.2 Å². The molecule has 0 aromatic heterocycles. The molecule has 1 amide bonds. The first-order valence-electron chi connectivity index (χ1n) is 9.36. The van der Waals surface area contributed by atoms with Crippen molar-refractivity contribution in [2.45, 2.75) is 18.0 Å². The summed E-state index contributed by atoms with van der Waals surface area (Å²) in [5.74, 6) is -3.02. The zero-order chi connectivity index (χ0) is 25.4. The highest BCUT2D eigenvalue weighted by Crippen LogP contribution is 2.40. The minimum absolute atomic E-state index is 0.00473. The van der Waals surface area contributed by atoms with E-state index in [0.717, 1.165) is 42.7 Å². The Kier molecular flexibility index (Phi) is 6.90. The van der Waals surface area contributed by atoms with Gasteiger partial charge in [0, 0.05) is 11.9 Å². The second kappa shape index (κ2) is 9.22. The van der Waals surface area contributed by atoms with Gasteiger partial charge in [-0.25, -0.2) is 17.8 Å². The molecule has 0 radical (unpaired) electrons. The Hall–Kier alpha value is -3.18. The normalized spacial score (nSPS) is 13.3. The van der Waals surface area contributed by atoms with Crippen molar-refractivity contribution in [1.82, 2.24) is 0 Å². The predicted molar refractivity (Wildman–Crippen MR) is 117 cm³/mol. The van der Waals surface area contributed by atoms with Crippen molar-refractivity contribution in [3.05, 3.63) is 81.9 Å². The van der Waals surface area contributed by atoms with E-state index in [1.807, 2.05) is 0 Å². The third-order valence-corrected chi connectivity index (χ3v) is 6.05. The van der Waals surface area contributed by atoms with E-state index in [9.17, 15) is 31.0 Å². The van der Waals surface area contributed by atoms with Gasteiger partial charge < -0.3 is 10.1 Å². The third kappa shape index (κ3) is 5.65. The fourth-order valence-electron chi connectivity index (χ4n) is 2.96. The van der Waals surface area contributed by atoms with Crippen molar-refractivity contribution in [2.75, 3.05) is 11.6 Å². The van der Waals surface area contributed by atoms with E-state index >= 15 is 0 Å². The van der Waals surface area contributed by atoms with Crippen molar-refractivity contribution < 1.29 is 35.7 Å². The minimum Gasteiger partial charge on any atom is -0.456 e. The van der Waals surface area contributed by atoms with Crippen molar-refractivity contribution in [2.24, 2.45) is 0 Å². The molecule has 0 bridgehead atoms. The van der Waals surface area contributed by atoms with Crippen LogP contribution in [0.5, 0.6) is 11.5 Å². The summed E-state index contributed by atoms with van der Waals surface area (Å²) < 4.78 is 92.6. The van der Waals surface area contributed by atoms with Gasteiger partial charge in [0.05, 0.1) is 30.8 Å². The van der Waals surface area contributed by atoms with Crippen LogP contribution in [0.1, 0.15) is 21.5 Å². The first-order valence-corrected chi connectivity index (χ1v) is 11.7. The summed E-state index contributed by atoms with van der Waals surface area (Å²) in [5, 5.41) is 1.56. The first-order chi connectivity index (χ1) is 15.7. The number of hydrogen-bond donors (Lipinski definition) is 2. The van der Waals surface area contributed by atoms with Gasteiger partial charge in [0.15, 0.2) is 0 Å². The Bertz CT molecular complexity index is 1390. The molecule has 0 saturated carbocycles. The predicted octanol–water partition coefficient (Wildman–Crippen LogP) is 7.03. The van der Waals surface area contributed by atoms with Crippen LogP contribution in [0.2, 0.25) is 5.02 Å². The lowest BCUT2D eigenvalue weighted by molar-refractivity contribution is -0.137. The number of benzene rings is 3. The number of alkyl halides is 3. The average Bonchev–Trinajstić information content (AvgIpc) is 2.70. The third-order valence-electron chi connectivity index (χ3n) is 4.58. The van der Waals surface area contributed by atoms with Crippen LogP contribution < -0.4 is 10.1 Å². The maximum absolute atomic E-state index is 13.9. The Morgan fingerprint density at radius 3 is 2.32 bits per heavy atom. The zero-order valence-corrected chi connectivity index (χ0v) is 19.1. The number of aryl methyl sites for hydroxylation is 1. The SMILES string of the molecule is Cc1cc(F)ccc1Oc1cc(C(F)(F)F)c(Cl)cc1C(=O)Nc1ccc(F)c([S@](C)(=N)=O)c1. The Morgan fingerprint density at radius 2 is 1.74 bits per heavy atom. The number of nitrogens with one attached hydrogen (secondary N) is 2. The van der Waals surface area contributed by atoms with E-state index < -0.39 is 60.2 Å². The molecule has 0 spiro atoms. The molecule has 3 aromatic carbocycles. The quantitative estimate of drug-likeness (QED) is 0.356. The molecule has 0 aliphatic carbocycles. The topological polar surface area (TPSA) is 79.2 Å². The van der Waals surface area contributed by atoms with Crippen molar-refractivity contribution in [3.63, 3.8) is 0 Å². The second-order valence-electron chi connectivity index (χ2n) is 7.28. The van der Waals surface area contributed by atoms with Crippen LogP contribution in [-0.2, 0) is 15.9 Å². The van der Waals surface area contributed by atoms with Crippen LogP contribution in [0, 0.1) is 23.3 Å². The zero-order valence-electron chi connectivity index (χ0n) is 17.5. The van der Waals surface area contributed by atoms with Crippen molar-refractivity contribution in [1.29, 1.82) is 4.78 Å². The lowest BCUT2D eigenvalue weighted by Gasteiger charge is -2.17. The summed E-state index contributed by atoms with van der Waals surface area (Å²) >= 11 is 5.78. The minimum atomic E-state index is -4.86. The van der Waals surface area contributed by atoms with Crippen LogP contribution in [0.15, 0.2) is 53.4 Å². The standard InChI is InChI=1S/C22H16ClF5N2O3S/c1-11-7-12(24)3-6-18(11)33-19-10-15(22(26,27)28)16(23)9-14(19)21(31)30-13-4-5-17(25)20(8-13)34(2,29)32/h3-10,29H,1-2H3,(H,30,31)/t34-/m1/s1. The van der Waals surface area contributed by atoms with E-state index in [-0.39, 0.29) is 17.0 Å².